The van der Waals surface area contributed by atoms with E-state index in [4.69, 9.17) is 39.9 Å². The van der Waals surface area contributed by atoms with Crippen LogP contribution < -0.4 is 4.72 Å². The number of anilines is 1. The second kappa shape index (κ2) is 6.73. The van der Waals surface area contributed by atoms with E-state index in [0.717, 1.165) is 16.2 Å². The quantitative estimate of drug-likeness (QED) is 0.762. The largest absolute Gasteiger partial charge is 0.396 e. The minimum Gasteiger partial charge on any atom is -0.396 e. The van der Waals surface area contributed by atoms with Crippen molar-refractivity contribution in [3.63, 3.8) is 0 Å². The molecule has 0 amide bonds. The summed E-state index contributed by atoms with van der Waals surface area (Å²) in [5.74, 6) is 0. The number of rotatable bonds is 5. The van der Waals surface area contributed by atoms with E-state index in [-0.39, 0.29) is 31.6 Å². The third-order valence-electron chi connectivity index (χ3n) is 2.51. The molecular formula is C12H10Cl3NO3S2. The van der Waals surface area contributed by atoms with Gasteiger partial charge in [0.1, 0.15) is 4.21 Å². The highest BCUT2D eigenvalue weighted by Crippen LogP contribution is 2.34. The first kappa shape index (κ1) is 16.9. The van der Waals surface area contributed by atoms with Gasteiger partial charge in [0.2, 0.25) is 0 Å². The average molecular weight is 387 g/mol. The number of benzene rings is 1. The fourth-order valence-corrected chi connectivity index (χ4v) is 4.61. The molecule has 2 aromatic rings. The summed E-state index contributed by atoms with van der Waals surface area (Å²) in [5.41, 5.74) is 0.156. The fourth-order valence-electron chi connectivity index (χ4n) is 1.54. The van der Waals surface area contributed by atoms with Gasteiger partial charge in [0.25, 0.3) is 10.0 Å². The molecule has 0 aliphatic carbocycles. The molecule has 21 heavy (non-hydrogen) atoms. The Morgan fingerprint density at radius 3 is 2.43 bits per heavy atom. The van der Waals surface area contributed by atoms with E-state index in [1.807, 2.05) is 0 Å². The molecule has 1 heterocycles. The van der Waals surface area contributed by atoms with E-state index in [0.29, 0.717) is 6.42 Å². The Morgan fingerprint density at radius 2 is 1.76 bits per heavy atom. The molecule has 0 aliphatic heterocycles. The van der Waals surface area contributed by atoms with Gasteiger partial charge in [0, 0.05) is 17.9 Å². The summed E-state index contributed by atoms with van der Waals surface area (Å²) < 4.78 is 27.0. The van der Waals surface area contributed by atoms with Crippen molar-refractivity contribution in [2.75, 3.05) is 11.3 Å². The zero-order valence-corrected chi connectivity index (χ0v) is 14.3. The van der Waals surface area contributed by atoms with Crippen LogP contribution in [0.25, 0.3) is 0 Å². The van der Waals surface area contributed by atoms with Crippen LogP contribution in [0.3, 0.4) is 0 Å². The van der Waals surface area contributed by atoms with E-state index < -0.39 is 10.0 Å². The SMILES string of the molecule is O=S(=O)(Nc1cc(Cl)c(Cl)cc1Cl)c1ccc(CCO)s1. The van der Waals surface area contributed by atoms with Gasteiger partial charge in [-0.25, -0.2) is 8.42 Å². The Morgan fingerprint density at radius 1 is 1.10 bits per heavy atom. The molecule has 9 heteroatoms. The molecule has 0 fully saturated rings. The number of aliphatic hydroxyl groups is 1. The second-order valence-electron chi connectivity index (χ2n) is 4.05. The lowest BCUT2D eigenvalue weighted by atomic mass is 10.3. The van der Waals surface area contributed by atoms with Crippen LogP contribution in [0.4, 0.5) is 5.69 Å². The van der Waals surface area contributed by atoms with Gasteiger partial charge in [-0.05, 0) is 24.3 Å². The summed E-state index contributed by atoms with van der Waals surface area (Å²) >= 11 is 18.7. The molecule has 0 aliphatic rings. The van der Waals surface area contributed by atoms with E-state index in [1.54, 1.807) is 6.07 Å². The first-order valence-corrected chi connectivity index (χ1v) is 9.14. The first-order chi connectivity index (χ1) is 9.83. The highest BCUT2D eigenvalue weighted by molar-refractivity contribution is 7.94. The topological polar surface area (TPSA) is 66.4 Å². The van der Waals surface area contributed by atoms with Crippen LogP contribution in [0.15, 0.2) is 28.5 Å². The molecule has 1 aromatic heterocycles. The zero-order chi connectivity index (χ0) is 15.6. The molecule has 114 valence electrons. The normalized spacial score (nSPS) is 11.6. The molecule has 0 radical (unpaired) electrons. The van der Waals surface area contributed by atoms with Crippen LogP contribution >= 0.6 is 46.1 Å². The minimum absolute atomic E-state index is 0.0357. The highest BCUT2D eigenvalue weighted by atomic mass is 35.5. The van der Waals surface area contributed by atoms with E-state index in [2.05, 4.69) is 4.72 Å². The summed E-state index contributed by atoms with van der Waals surface area (Å²) in [6.45, 7) is -0.0357. The van der Waals surface area contributed by atoms with Crippen LogP contribution in [0, 0.1) is 0 Å². The van der Waals surface area contributed by atoms with Crippen LogP contribution in [0.1, 0.15) is 4.88 Å². The van der Waals surface area contributed by atoms with Crippen molar-refractivity contribution in [1.29, 1.82) is 0 Å². The van der Waals surface area contributed by atoms with Crippen LogP contribution in [0.2, 0.25) is 15.1 Å². The number of halogens is 3. The molecule has 0 bridgehead atoms. The van der Waals surface area contributed by atoms with Crippen molar-refractivity contribution >= 4 is 61.9 Å². The summed E-state index contributed by atoms with van der Waals surface area (Å²) in [7, 11) is -3.76. The van der Waals surface area contributed by atoms with Crippen molar-refractivity contribution in [1.82, 2.24) is 0 Å². The summed E-state index contributed by atoms with van der Waals surface area (Å²) in [6, 6.07) is 5.86. The Kier molecular flexibility index (Phi) is 5.40. The average Bonchev–Trinajstić information content (AvgIpc) is 2.86. The Hall–Kier alpha value is -0.500. The molecular weight excluding hydrogens is 377 g/mol. The number of nitrogens with one attached hydrogen (secondary N) is 1. The molecule has 0 atom stereocenters. The van der Waals surface area contributed by atoms with Crippen molar-refractivity contribution in [2.24, 2.45) is 0 Å². The van der Waals surface area contributed by atoms with Gasteiger partial charge in [0.15, 0.2) is 0 Å². The van der Waals surface area contributed by atoms with Crippen molar-refractivity contribution in [2.45, 2.75) is 10.6 Å². The van der Waals surface area contributed by atoms with Crippen molar-refractivity contribution < 1.29 is 13.5 Å². The molecule has 2 rings (SSSR count). The standard InChI is InChI=1S/C12H10Cl3NO3S2/c13-8-5-10(15)11(6-9(8)14)16-21(18,19)12-2-1-7(20-12)3-4-17/h1-2,5-6,16-17H,3-4H2. The maximum absolute atomic E-state index is 12.3. The van der Waals surface area contributed by atoms with E-state index in [1.165, 1.54) is 18.2 Å². The molecule has 1 aromatic carbocycles. The van der Waals surface area contributed by atoms with Gasteiger partial charge < -0.3 is 5.11 Å². The monoisotopic (exact) mass is 385 g/mol. The lowest BCUT2D eigenvalue weighted by Crippen LogP contribution is -2.11. The molecule has 0 unspecified atom stereocenters. The number of thiophene rings is 1. The molecule has 4 nitrogen and oxygen atoms in total. The zero-order valence-electron chi connectivity index (χ0n) is 10.4. The summed E-state index contributed by atoms with van der Waals surface area (Å²) in [5, 5.41) is 9.45. The van der Waals surface area contributed by atoms with Crippen molar-refractivity contribution in [3.05, 3.63) is 44.2 Å². The fraction of sp³-hybridized carbons (Fsp3) is 0.167. The number of aliphatic hydroxyl groups excluding tert-OH is 1. The number of sulfonamides is 1. The number of hydrogen-bond acceptors (Lipinski definition) is 4. The van der Waals surface area contributed by atoms with E-state index >= 15 is 0 Å². The number of hydrogen-bond donors (Lipinski definition) is 2. The Bertz CT molecular complexity index is 759. The molecule has 0 saturated heterocycles. The maximum atomic E-state index is 12.3. The molecule has 0 spiro atoms. The summed E-state index contributed by atoms with van der Waals surface area (Å²) in [4.78, 5) is 0.776. The van der Waals surface area contributed by atoms with Gasteiger partial charge in [-0.2, -0.15) is 0 Å². The second-order valence-corrected chi connectivity index (χ2v) is 8.35. The predicted molar refractivity (Wildman–Crippen MR) is 87.4 cm³/mol. The van der Waals surface area contributed by atoms with Gasteiger partial charge in [0.05, 0.1) is 20.8 Å². The lowest BCUT2D eigenvalue weighted by Gasteiger charge is -2.09. The van der Waals surface area contributed by atoms with E-state index in [9.17, 15) is 8.42 Å². The van der Waals surface area contributed by atoms with Gasteiger partial charge in [-0.1, -0.05) is 34.8 Å². The third kappa shape index (κ3) is 4.03. The van der Waals surface area contributed by atoms with Crippen LogP contribution in [-0.4, -0.2) is 20.1 Å². The Labute approximate surface area is 141 Å². The van der Waals surface area contributed by atoms with Gasteiger partial charge in [-0.3, -0.25) is 4.72 Å². The smallest absolute Gasteiger partial charge is 0.271 e. The maximum Gasteiger partial charge on any atom is 0.271 e. The molecule has 0 saturated carbocycles. The van der Waals surface area contributed by atoms with Crippen molar-refractivity contribution in [3.8, 4) is 0 Å². The predicted octanol–water partition coefficient (Wildman–Crippen LogP) is 4.04. The van der Waals surface area contributed by atoms with Crippen LogP contribution in [-0.2, 0) is 16.4 Å². The Balaban J connectivity index is 2.30. The summed E-state index contributed by atoms with van der Waals surface area (Å²) in [6.07, 6.45) is 0.410. The molecule has 2 N–H and O–H groups in total. The van der Waals surface area contributed by atoms with Gasteiger partial charge in [-0.15, -0.1) is 11.3 Å². The third-order valence-corrected chi connectivity index (χ3v) is 6.55. The van der Waals surface area contributed by atoms with Crippen LogP contribution in [0.5, 0.6) is 0 Å². The first-order valence-electron chi connectivity index (χ1n) is 5.70. The lowest BCUT2D eigenvalue weighted by molar-refractivity contribution is 0.300. The van der Waals surface area contributed by atoms with Gasteiger partial charge >= 0.3 is 0 Å². The highest BCUT2D eigenvalue weighted by Gasteiger charge is 2.19. The minimum atomic E-state index is -3.76.